The summed E-state index contributed by atoms with van der Waals surface area (Å²) >= 11 is 4.65. The second-order valence-electron chi connectivity index (χ2n) is 4.39. The average Bonchev–Trinajstić information content (AvgIpc) is 2.71. The van der Waals surface area contributed by atoms with Gasteiger partial charge in [-0.15, -0.1) is 11.3 Å². The van der Waals surface area contributed by atoms with E-state index in [1.165, 1.54) is 11.3 Å². The third-order valence-corrected chi connectivity index (χ3v) is 5.92. The van der Waals surface area contributed by atoms with Crippen LogP contribution in [0, 0.1) is 13.8 Å². The summed E-state index contributed by atoms with van der Waals surface area (Å²) in [5, 5.41) is 0.415. The Morgan fingerprint density at radius 3 is 2.65 bits per heavy atom. The molecular weight excluding hydrogens is 360 g/mol. The molecule has 0 aliphatic rings. The van der Waals surface area contributed by atoms with E-state index in [2.05, 4.69) is 25.6 Å². The molecule has 0 aliphatic carbocycles. The van der Waals surface area contributed by atoms with Gasteiger partial charge in [0.15, 0.2) is 5.13 Å². The number of aryl methyl sites for hydroxylation is 3. The molecule has 4 nitrogen and oxygen atoms in total. The van der Waals surface area contributed by atoms with E-state index < -0.39 is 10.0 Å². The fourth-order valence-corrected chi connectivity index (χ4v) is 4.75. The Kier molecular flexibility index (Phi) is 4.51. The van der Waals surface area contributed by atoms with E-state index in [9.17, 15) is 8.42 Å². The van der Waals surface area contributed by atoms with Gasteiger partial charge >= 0.3 is 0 Å². The molecule has 0 spiro atoms. The average molecular weight is 375 g/mol. The zero-order valence-corrected chi connectivity index (χ0v) is 14.6. The number of nitrogens with one attached hydrogen (secondary N) is 1. The fraction of sp³-hybridized carbons (Fsp3) is 0.308. The normalized spacial score (nSPS) is 11.6. The van der Waals surface area contributed by atoms with Crippen LogP contribution in [0.25, 0.3) is 0 Å². The molecular formula is C13H15BrN2O2S2. The van der Waals surface area contributed by atoms with Gasteiger partial charge in [-0.3, -0.25) is 4.72 Å². The Morgan fingerprint density at radius 1 is 1.35 bits per heavy atom. The van der Waals surface area contributed by atoms with Gasteiger partial charge in [0.2, 0.25) is 0 Å². The molecule has 0 saturated heterocycles. The van der Waals surface area contributed by atoms with Gasteiger partial charge in [0.05, 0.1) is 10.6 Å². The van der Waals surface area contributed by atoms with Crippen molar-refractivity contribution in [2.75, 3.05) is 4.72 Å². The molecule has 1 aromatic carbocycles. The summed E-state index contributed by atoms with van der Waals surface area (Å²) in [4.78, 5) is 5.61. The van der Waals surface area contributed by atoms with Crippen LogP contribution in [-0.4, -0.2) is 13.4 Å². The van der Waals surface area contributed by atoms with Crippen molar-refractivity contribution in [3.05, 3.63) is 38.8 Å². The maximum atomic E-state index is 12.4. The molecule has 0 radical (unpaired) electrons. The first-order valence-electron chi connectivity index (χ1n) is 6.08. The predicted molar refractivity (Wildman–Crippen MR) is 85.9 cm³/mol. The number of hydrogen-bond donors (Lipinski definition) is 1. The number of hydrogen-bond acceptors (Lipinski definition) is 4. The zero-order valence-electron chi connectivity index (χ0n) is 11.4. The zero-order chi connectivity index (χ0) is 14.9. The number of aromatic nitrogens is 1. The summed E-state index contributed by atoms with van der Waals surface area (Å²) in [6, 6.07) is 5.18. The van der Waals surface area contributed by atoms with Crippen LogP contribution < -0.4 is 4.72 Å². The van der Waals surface area contributed by atoms with E-state index in [1.807, 2.05) is 19.9 Å². The number of sulfonamides is 1. The summed E-state index contributed by atoms with van der Waals surface area (Å²) in [5.41, 5.74) is 1.63. The molecule has 0 bridgehead atoms. The Hall–Kier alpha value is -0.920. The number of thiazole rings is 1. The first-order valence-corrected chi connectivity index (χ1v) is 9.18. The maximum absolute atomic E-state index is 12.4. The minimum absolute atomic E-state index is 0.262. The third kappa shape index (κ3) is 3.21. The van der Waals surface area contributed by atoms with Crippen molar-refractivity contribution in [3.63, 3.8) is 0 Å². The van der Waals surface area contributed by atoms with Gasteiger partial charge in [0.1, 0.15) is 0 Å². The molecule has 1 aromatic heterocycles. The molecule has 7 heteroatoms. The van der Waals surface area contributed by atoms with Crippen molar-refractivity contribution in [1.82, 2.24) is 4.98 Å². The van der Waals surface area contributed by atoms with Crippen molar-refractivity contribution < 1.29 is 8.42 Å². The highest BCUT2D eigenvalue weighted by Crippen LogP contribution is 2.27. The van der Waals surface area contributed by atoms with Gasteiger partial charge in [0, 0.05) is 9.35 Å². The number of anilines is 1. The number of rotatable bonds is 4. The fourth-order valence-electron chi connectivity index (χ4n) is 1.83. The summed E-state index contributed by atoms with van der Waals surface area (Å²) < 4.78 is 28.1. The SMILES string of the molecule is CCc1nc(NS(=O)(=O)c2cc(Br)ccc2C)sc1C. The summed E-state index contributed by atoms with van der Waals surface area (Å²) in [7, 11) is -3.61. The molecule has 2 aromatic rings. The van der Waals surface area contributed by atoms with Crippen LogP contribution in [0.4, 0.5) is 5.13 Å². The molecule has 1 N–H and O–H groups in total. The minimum atomic E-state index is -3.61. The highest BCUT2D eigenvalue weighted by atomic mass is 79.9. The van der Waals surface area contributed by atoms with Crippen molar-refractivity contribution in [3.8, 4) is 0 Å². The number of benzene rings is 1. The lowest BCUT2D eigenvalue weighted by Crippen LogP contribution is -2.14. The first kappa shape index (κ1) is 15.5. The second-order valence-corrected chi connectivity index (χ2v) is 8.16. The van der Waals surface area contributed by atoms with E-state index >= 15 is 0 Å². The maximum Gasteiger partial charge on any atom is 0.263 e. The van der Waals surface area contributed by atoms with Crippen LogP contribution >= 0.6 is 27.3 Å². The molecule has 0 fully saturated rings. The molecule has 20 heavy (non-hydrogen) atoms. The quantitative estimate of drug-likeness (QED) is 0.882. The molecule has 0 atom stereocenters. The van der Waals surface area contributed by atoms with Crippen molar-refractivity contribution in [2.45, 2.75) is 32.1 Å². The summed E-state index contributed by atoms with van der Waals surface area (Å²) in [6.07, 6.45) is 0.792. The Morgan fingerprint density at radius 2 is 2.05 bits per heavy atom. The highest BCUT2D eigenvalue weighted by Gasteiger charge is 2.19. The lowest BCUT2D eigenvalue weighted by molar-refractivity contribution is 0.600. The molecule has 2 rings (SSSR count). The van der Waals surface area contributed by atoms with Crippen molar-refractivity contribution in [2.24, 2.45) is 0 Å². The van der Waals surface area contributed by atoms with E-state index in [1.54, 1.807) is 19.1 Å². The van der Waals surface area contributed by atoms with Gasteiger partial charge in [-0.05, 0) is 38.0 Å². The lowest BCUT2D eigenvalue weighted by atomic mass is 10.2. The highest BCUT2D eigenvalue weighted by molar-refractivity contribution is 9.10. The van der Waals surface area contributed by atoms with Gasteiger partial charge in [-0.2, -0.15) is 0 Å². The first-order chi connectivity index (χ1) is 9.33. The minimum Gasteiger partial charge on any atom is -0.255 e. The van der Waals surface area contributed by atoms with Gasteiger partial charge in [0.25, 0.3) is 10.0 Å². The van der Waals surface area contributed by atoms with Gasteiger partial charge in [-0.25, -0.2) is 13.4 Å². The molecule has 1 heterocycles. The lowest BCUT2D eigenvalue weighted by Gasteiger charge is -2.08. The van der Waals surface area contributed by atoms with E-state index in [4.69, 9.17) is 0 Å². The van der Waals surface area contributed by atoms with Crippen LogP contribution in [0.2, 0.25) is 0 Å². The van der Waals surface area contributed by atoms with Crippen molar-refractivity contribution >= 4 is 42.4 Å². The van der Waals surface area contributed by atoms with Gasteiger partial charge < -0.3 is 0 Å². The predicted octanol–water partition coefficient (Wildman–Crippen LogP) is 3.89. The van der Waals surface area contributed by atoms with Crippen molar-refractivity contribution in [1.29, 1.82) is 0 Å². The Balaban J connectivity index is 2.37. The summed E-state index contributed by atoms with van der Waals surface area (Å²) in [6.45, 7) is 5.71. The largest absolute Gasteiger partial charge is 0.263 e. The van der Waals surface area contributed by atoms with Crippen LogP contribution in [-0.2, 0) is 16.4 Å². The molecule has 0 saturated carbocycles. The van der Waals surface area contributed by atoms with Gasteiger partial charge in [-0.1, -0.05) is 28.9 Å². The van der Waals surface area contributed by atoms with E-state index in [0.29, 0.717) is 10.7 Å². The third-order valence-electron chi connectivity index (χ3n) is 2.89. The number of halogens is 1. The van der Waals surface area contributed by atoms with Crippen LogP contribution in [0.5, 0.6) is 0 Å². The van der Waals surface area contributed by atoms with Crippen LogP contribution in [0.1, 0.15) is 23.1 Å². The number of nitrogens with zero attached hydrogens (tertiary/aromatic N) is 1. The summed E-state index contributed by atoms with van der Waals surface area (Å²) in [5.74, 6) is 0. The topological polar surface area (TPSA) is 59.1 Å². The van der Waals surface area contributed by atoms with E-state index in [0.717, 1.165) is 21.5 Å². The molecule has 0 amide bonds. The van der Waals surface area contributed by atoms with Crippen LogP contribution in [0.3, 0.4) is 0 Å². The smallest absolute Gasteiger partial charge is 0.255 e. The molecule has 0 aliphatic heterocycles. The monoisotopic (exact) mass is 374 g/mol. The standard InChI is InChI=1S/C13H15BrN2O2S2/c1-4-11-9(3)19-13(15-11)16-20(17,18)12-7-10(14)6-5-8(12)2/h5-7H,4H2,1-3H3,(H,15,16). The molecule has 0 unspecified atom stereocenters. The Bertz CT molecular complexity index is 739. The van der Waals surface area contributed by atoms with E-state index in [-0.39, 0.29) is 4.90 Å². The Labute approximate surface area is 131 Å². The van der Waals surface area contributed by atoms with Crippen LogP contribution in [0.15, 0.2) is 27.6 Å². The second kappa shape index (κ2) is 5.83. The molecule has 108 valence electrons.